The molecule has 8 nitrogen and oxygen atoms in total. The molecule has 1 atom stereocenters. The minimum atomic E-state index is -1.21. The number of ether oxygens (including phenoxy) is 2. The normalized spacial score (nSPS) is 14.9. The van der Waals surface area contributed by atoms with Crippen molar-refractivity contribution in [2.75, 3.05) is 20.3 Å². The van der Waals surface area contributed by atoms with Crippen LogP contribution in [-0.4, -0.2) is 45.7 Å². The summed E-state index contributed by atoms with van der Waals surface area (Å²) in [5.74, 6) is -0.439. The lowest BCUT2D eigenvalue weighted by Gasteiger charge is -2.39. The van der Waals surface area contributed by atoms with Gasteiger partial charge in [-0.1, -0.05) is 20.8 Å². The van der Waals surface area contributed by atoms with Crippen molar-refractivity contribution < 1.29 is 19.4 Å². The lowest BCUT2D eigenvalue weighted by Crippen LogP contribution is -2.32. The van der Waals surface area contributed by atoms with Crippen molar-refractivity contribution in [1.29, 1.82) is 0 Å². The zero-order valence-electron chi connectivity index (χ0n) is 22.1. The van der Waals surface area contributed by atoms with Gasteiger partial charge in [-0.05, 0) is 43.4 Å². The first-order valence-electron chi connectivity index (χ1n) is 12.2. The zero-order chi connectivity index (χ0) is 26.4. The highest BCUT2D eigenvalue weighted by atomic mass is 16.5. The molecule has 0 fully saturated rings. The van der Waals surface area contributed by atoms with Gasteiger partial charge in [0.25, 0.3) is 0 Å². The molecule has 1 N–H and O–H groups in total. The molecule has 0 saturated heterocycles. The number of fused-ring (bicyclic) bond motifs is 3. The molecule has 1 aliphatic heterocycles. The van der Waals surface area contributed by atoms with E-state index >= 15 is 0 Å². The Hall–Kier alpha value is -3.39. The minimum Gasteiger partial charge on any atom is -0.493 e. The molecule has 192 valence electrons. The number of aryl methyl sites for hydroxylation is 2. The molecule has 1 aliphatic rings. The van der Waals surface area contributed by atoms with Gasteiger partial charge in [0.1, 0.15) is 11.3 Å². The van der Waals surface area contributed by atoms with Crippen molar-refractivity contribution in [3.05, 3.63) is 57.1 Å². The van der Waals surface area contributed by atoms with E-state index in [1.54, 1.807) is 7.11 Å². The second kappa shape index (κ2) is 9.58. The molecule has 3 heterocycles. The smallest absolute Gasteiger partial charge is 0.341 e. The molecule has 36 heavy (non-hydrogen) atoms. The lowest BCUT2D eigenvalue weighted by atomic mass is 9.78. The Balaban J connectivity index is 1.97. The van der Waals surface area contributed by atoms with Gasteiger partial charge in [0.15, 0.2) is 5.43 Å². The fourth-order valence-corrected chi connectivity index (χ4v) is 5.11. The number of aromatic carboxylic acids is 1. The summed E-state index contributed by atoms with van der Waals surface area (Å²) < 4.78 is 15.3. The first kappa shape index (κ1) is 25.7. The van der Waals surface area contributed by atoms with Crippen LogP contribution in [0.1, 0.15) is 60.5 Å². The molecular weight excluding hydrogens is 458 g/mol. The number of hydrogen-bond donors (Lipinski definition) is 1. The van der Waals surface area contributed by atoms with Crippen LogP contribution in [0.25, 0.3) is 22.4 Å². The van der Waals surface area contributed by atoms with Crippen LogP contribution in [0, 0.1) is 19.3 Å². The van der Waals surface area contributed by atoms with Crippen molar-refractivity contribution >= 4 is 5.97 Å². The summed E-state index contributed by atoms with van der Waals surface area (Å²) >= 11 is 0. The molecular formula is C28H35N3O5. The van der Waals surface area contributed by atoms with Crippen LogP contribution in [0.3, 0.4) is 0 Å². The fraction of sp³-hybridized carbons (Fsp3) is 0.464. The zero-order valence-corrected chi connectivity index (χ0v) is 22.1. The van der Waals surface area contributed by atoms with Crippen LogP contribution < -0.4 is 10.2 Å². The largest absolute Gasteiger partial charge is 0.493 e. The Kier molecular flexibility index (Phi) is 6.84. The maximum absolute atomic E-state index is 12.8. The van der Waals surface area contributed by atoms with Crippen molar-refractivity contribution in [1.82, 2.24) is 14.3 Å². The van der Waals surface area contributed by atoms with Gasteiger partial charge in [-0.3, -0.25) is 9.48 Å². The van der Waals surface area contributed by atoms with Crippen molar-refractivity contribution in [2.24, 2.45) is 12.5 Å². The van der Waals surface area contributed by atoms with Crippen LogP contribution in [0.15, 0.2) is 29.2 Å². The van der Waals surface area contributed by atoms with Gasteiger partial charge in [-0.2, -0.15) is 5.10 Å². The molecule has 2 aromatic heterocycles. The molecule has 0 bridgehead atoms. The second-order valence-corrected chi connectivity index (χ2v) is 10.6. The van der Waals surface area contributed by atoms with Gasteiger partial charge in [-0.15, -0.1) is 0 Å². The van der Waals surface area contributed by atoms with E-state index in [9.17, 15) is 14.7 Å². The highest BCUT2D eigenvalue weighted by Gasteiger charge is 2.34. The van der Waals surface area contributed by atoms with Crippen molar-refractivity contribution in [3.63, 3.8) is 0 Å². The van der Waals surface area contributed by atoms with Crippen molar-refractivity contribution in [3.8, 4) is 28.1 Å². The van der Waals surface area contributed by atoms with Gasteiger partial charge in [0, 0.05) is 67.9 Å². The Bertz CT molecular complexity index is 1380. The maximum atomic E-state index is 12.8. The number of aromatic nitrogens is 3. The highest BCUT2D eigenvalue weighted by Crippen LogP contribution is 2.46. The SMILES string of the molecule is COCCCOc1cc2c(cc1-c1c(C)nn(C)c1C)-c1cc(=O)c(C(=O)O)cn1[C@H](C(C)(C)C)C2. The van der Waals surface area contributed by atoms with E-state index in [4.69, 9.17) is 9.47 Å². The average molecular weight is 494 g/mol. The van der Waals surface area contributed by atoms with E-state index in [1.807, 2.05) is 30.1 Å². The van der Waals surface area contributed by atoms with Gasteiger partial charge in [0.05, 0.1) is 18.0 Å². The molecule has 0 aliphatic carbocycles. The number of methoxy groups -OCH3 is 1. The van der Waals surface area contributed by atoms with Crippen LogP contribution in [0.4, 0.5) is 0 Å². The standard InChI is InChI=1S/C28H35N3O5/c1-16-26(17(2)30(6)29-16)20-13-19-18(11-24(20)36-10-8-9-35-7)12-25(28(3,4)5)31-15-21(27(33)34)23(32)14-22(19)31/h11,13-15,25H,8-10,12H2,1-7H3,(H,33,34)/t25-/m0/s1. The Morgan fingerprint density at radius 2 is 1.89 bits per heavy atom. The van der Waals surface area contributed by atoms with E-state index in [2.05, 4.69) is 38.0 Å². The number of carboxylic acids is 1. The van der Waals surface area contributed by atoms with E-state index in [0.29, 0.717) is 19.6 Å². The van der Waals surface area contributed by atoms with Gasteiger partial charge in [0.2, 0.25) is 0 Å². The summed E-state index contributed by atoms with van der Waals surface area (Å²) in [5, 5.41) is 14.2. The molecule has 0 amide bonds. The number of carbonyl (C=O) groups is 1. The summed E-state index contributed by atoms with van der Waals surface area (Å²) in [6, 6.07) is 5.59. The molecule has 0 unspecified atom stereocenters. The van der Waals surface area contributed by atoms with Gasteiger partial charge >= 0.3 is 5.97 Å². The Labute approximate surface area is 211 Å². The summed E-state index contributed by atoms with van der Waals surface area (Å²) in [6.07, 6.45) is 2.96. The predicted molar refractivity (Wildman–Crippen MR) is 139 cm³/mol. The van der Waals surface area contributed by atoms with E-state index < -0.39 is 11.4 Å². The summed E-state index contributed by atoms with van der Waals surface area (Å²) in [5.41, 5.74) is 5.62. The minimum absolute atomic E-state index is 0.0345. The Morgan fingerprint density at radius 1 is 1.17 bits per heavy atom. The van der Waals surface area contributed by atoms with E-state index in [1.165, 1.54) is 12.3 Å². The number of hydrogen-bond acceptors (Lipinski definition) is 5. The number of benzene rings is 1. The molecule has 3 aromatic rings. The quantitative estimate of drug-likeness (QED) is 0.476. The number of nitrogens with zero attached hydrogens (tertiary/aromatic N) is 3. The summed E-state index contributed by atoms with van der Waals surface area (Å²) in [7, 11) is 3.59. The van der Waals surface area contributed by atoms with Crippen LogP contribution in [0.2, 0.25) is 0 Å². The Morgan fingerprint density at radius 3 is 2.47 bits per heavy atom. The van der Waals surface area contributed by atoms with Crippen LogP contribution >= 0.6 is 0 Å². The highest BCUT2D eigenvalue weighted by molar-refractivity contribution is 5.88. The topological polar surface area (TPSA) is 95.6 Å². The fourth-order valence-electron chi connectivity index (χ4n) is 5.11. The molecule has 8 heteroatoms. The average Bonchev–Trinajstić information content (AvgIpc) is 3.05. The molecule has 4 rings (SSSR count). The molecule has 0 spiro atoms. The van der Waals surface area contributed by atoms with Gasteiger partial charge < -0.3 is 19.1 Å². The van der Waals surface area contributed by atoms with Crippen LogP contribution in [0.5, 0.6) is 5.75 Å². The molecule has 0 saturated carbocycles. The second-order valence-electron chi connectivity index (χ2n) is 10.6. The third-order valence-corrected chi connectivity index (χ3v) is 7.07. The molecule has 1 aromatic carbocycles. The number of rotatable bonds is 7. The van der Waals surface area contributed by atoms with E-state index in [-0.39, 0.29) is 17.0 Å². The van der Waals surface area contributed by atoms with Crippen LogP contribution in [-0.2, 0) is 18.2 Å². The first-order chi connectivity index (χ1) is 16.9. The van der Waals surface area contributed by atoms with E-state index in [0.717, 1.165) is 51.5 Å². The maximum Gasteiger partial charge on any atom is 0.341 e. The summed E-state index contributed by atoms with van der Waals surface area (Å²) in [6.45, 7) is 11.5. The lowest BCUT2D eigenvalue weighted by molar-refractivity contribution is 0.0693. The molecule has 0 radical (unpaired) electrons. The van der Waals surface area contributed by atoms with Gasteiger partial charge in [-0.25, -0.2) is 4.79 Å². The third kappa shape index (κ3) is 4.57. The number of carboxylic acid groups (broad SMARTS) is 1. The van der Waals surface area contributed by atoms with Crippen molar-refractivity contribution in [2.45, 2.75) is 53.5 Å². The number of pyridine rings is 1. The third-order valence-electron chi connectivity index (χ3n) is 7.07. The predicted octanol–water partition coefficient (Wildman–Crippen LogP) is 4.79. The monoisotopic (exact) mass is 493 g/mol. The first-order valence-corrected chi connectivity index (χ1v) is 12.2. The summed E-state index contributed by atoms with van der Waals surface area (Å²) in [4.78, 5) is 24.6.